The molecule has 8 nitrogen and oxygen atoms in total. The quantitative estimate of drug-likeness (QED) is 0.329. The molecule has 5 N–H and O–H groups in total. The Balaban J connectivity index is 1.48. The van der Waals surface area contributed by atoms with Crippen LogP contribution in [0.2, 0.25) is 0 Å². The molecule has 0 saturated heterocycles. The van der Waals surface area contributed by atoms with Crippen LogP contribution in [0, 0.1) is 11.7 Å². The molecule has 0 bridgehead atoms. The van der Waals surface area contributed by atoms with Gasteiger partial charge in [0.05, 0.1) is 6.42 Å². The predicted molar refractivity (Wildman–Crippen MR) is 145 cm³/mol. The average Bonchev–Trinajstić information content (AvgIpc) is 3.68. The van der Waals surface area contributed by atoms with Gasteiger partial charge in [-0.25, -0.2) is 4.39 Å². The summed E-state index contributed by atoms with van der Waals surface area (Å²) in [6.45, 7) is 0.185. The van der Waals surface area contributed by atoms with Gasteiger partial charge in [0, 0.05) is 42.7 Å². The van der Waals surface area contributed by atoms with Gasteiger partial charge in [0.1, 0.15) is 12.0 Å². The number of carboxylic acid groups (broad SMARTS) is 1. The molecule has 9 heteroatoms. The van der Waals surface area contributed by atoms with Gasteiger partial charge in [-0.3, -0.25) is 14.6 Å². The van der Waals surface area contributed by atoms with E-state index in [-0.39, 0.29) is 19.1 Å². The zero-order chi connectivity index (χ0) is 26.8. The van der Waals surface area contributed by atoms with E-state index in [4.69, 9.17) is 5.73 Å². The maximum absolute atomic E-state index is 14.4. The maximum atomic E-state index is 14.4. The molecule has 1 aliphatic heterocycles. The third kappa shape index (κ3) is 5.84. The number of amides is 1. The topological polar surface area (TPSA) is 120 Å². The number of nitrogens with one attached hydrogen (secondary N) is 2. The van der Waals surface area contributed by atoms with E-state index in [0.717, 1.165) is 6.42 Å². The number of para-hydroxylation sites is 1. The van der Waals surface area contributed by atoms with Gasteiger partial charge in [-0.2, -0.15) is 5.10 Å². The number of hydrogen-bond donors (Lipinski definition) is 4. The maximum Gasteiger partial charge on any atom is 0.307 e. The smallest absolute Gasteiger partial charge is 0.307 e. The Bertz CT molecular complexity index is 1420. The Morgan fingerprint density at radius 3 is 2.61 bits per heavy atom. The zero-order valence-corrected chi connectivity index (χ0v) is 21.1. The number of carboxylic acids is 1. The van der Waals surface area contributed by atoms with Crippen molar-refractivity contribution in [2.75, 3.05) is 17.7 Å². The summed E-state index contributed by atoms with van der Waals surface area (Å²) in [5.74, 6) is -1.24. The first-order valence-electron chi connectivity index (χ1n) is 12.6. The molecule has 3 aromatic rings. The fraction of sp³-hybridized carbons (Fsp3) is 0.276. The van der Waals surface area contributed by atoms with Crippen LogP contribution < -0.4 is 16.4 Å². The largest absolute Gasteiger partial charge is 0.481 e. The Labute approximate surface area is 220 Å². The highest BCUT2D eigenvalue weighted by atomic mass is 19.1. The van der Waals surface area contributed by atoms with Crippen LogP contribution in [0.25, 0.3) is 11.1 Å². The van der Waals surface area contributed by atoms with Crippen molar-refractivity contribution in [2.45, 2.75) is 38.4 Å². The molecule has 38 heavy (non-hydrogen) atoms. The Hall–Kier alpha value is -4.24. The van der Waals surface area contributed by atoms with E-state index >= 15 is 0 Å². The van der Waals surface area contributed by atoms with Crippen LogP contribution >= 0.6 is 0 Å². The number of benzene rings is 3. The minimum Gasteiger partial charge on any atom is -0.481 e. The van der Waals surface area contributed by atoms with Gasteiger partial charge in [0.25, 0.3) is 5.91 Å². The second kappa shape index (κ2) is 10.6. The van der Waals surface area contributed by atoms with E-state index in [1.165, 1.54) is 30.7 Å². The molecule has 1 atom stereocenters. The van der Waals surface area contributed by atoms with Crippen molar-refractivity contribution < 1.29 is 19.1 Å². The van der Waals surface area contributed by atoms with Crippen LogP contribution in [-0.2, 0) is 17.8 Å². The van der Waals surface area contributed by atoms with Crippen molar-refractivity contribution in [3.8, 4) is 11.1 Å². The number of rotatable bonds is 9. The molecule has 196 valence electrons. The summed E-state index contributed by atoms with van der Waals surface area (Å²) < 4.78 is 14.4. The monoisotopic (exact) mass is 515 g/mol. The summed E-state index contributed by atoms with van der Waals surface area (Å²) in [6, 6.07) is 16.7. The van der Waals surface area contributed by atoms with E-state index < -0.39 is 17.7 Å². The minimum atomic E-state index is -0.990. The number of halogens is 1. The molecule has 0 aromatic heterocycles. The van der Waals surface area contributed by atoms with Gasteiger partial charge < -0.3 is 21.5 Å². The second-order valence-electron chi connectivity index (χ2n) is 9.84. The molecule has 2 aliphatic rings. The highest BCUT2D eigenvalue weighted by Gasteiger charge is 2.34. The summed E-state index contributed by atoms with van der Waals surface area (Å²) in [5, 5.41) is 22.2. The number of nitrogens with zero attached hydrogens (tertiary/aromatic N) is 2. The van der Waals surface area contributed by atoms with Gasteiger partial charge in [-0.05, 0) is 83.5 Å². The zero-order valence-electron chi connectivity index (χ0n) is 21.1. The van der Waals surface area contributed by atoms with E-state index in [2.05, 4.69) is 15.7 Å². The summed E-state index contributed by atoms with van der Waals surface area (Å²) in [4.78, 5) is 24.7. The van der Waals surface area contributed by atoms with Crippen molar-refractivity contribution in [2.24, 2.45) is 16.8 Å². The normalized spacial score (nSPS) is 16.8. The van der Waals surface area contributed by atoms with Crippen molar-refractivity contribution >= 4 is 29.0 Å². The van der Waals surface area contributed by atoms with Gasteiger partial charge >= 0.3 is 5.97 Å². The molecule has 1 unspecified atom stereocenters. The van der Waals surface area contributed by atoms with Crippen molar-refractivity contribution in [1.29, 1.82) is 0 Å². The number of aliphatic carboxylic acids is 1. The number of hydrazone groups is 1. The summed E-state index contributed by atoms with van der Waals surface area (Å²) in [6.07, 6.45) is 2.84. The van der Waals surface area contributed by atoms with E-state index in [1.54, 1.807) is 36.4 Å². The molecule has 3 aromatic carbocycles. The molecular weight excluding hydrogens is 485 g/mol. The lowest BCUT2D eigenvalue weighted by atomic mass is 9.99. The third-order valence-corrected chi connectivity index (χ3v) is 6.85. The Morgan fingerprint density at radius 2 is 1.87 bits per heavy atom. The predicted octanol–water partition coefficient (Wildman–Crippen LogP) is 4.67. The van der Waals surface area contributed by atoms with Crippen LogP contribution in [0.5, 0.6) is 0 Å². The van der Waals surface area contributed by atoms with E-state index in [1.807, 2.05) is 24.2 Å². The van der Waals surface area contributed by atoms with Gasteiger partial charge in [-0.15, -0.1) is 0 Å². The highest BCUT2D eigenvalue weighted by molar-refractivity contribution is 6.06. The first-order chi connectivity index (χ1) is 18.3. The third-order valence-electron chi connectivity index (χ3n) is 6.85. The van der Waals surface area contributed by atoms with Gasteiger partial charge in [0.2, 0.25) is 0 Å². The standard InChI is InChI=1S/C29H30FN5O3/c1-35-27(15-26(34-35)18-6-7-18)32-24-12-21(20-8-17(16-31)9-23(30)11-20)10-22(13-24)29(38)33-25-5-3-2-4-19(25)14-28(36)37/h2-5,8-13,18,27,32H,6-7,14-16,31H2,1H3,(H,33,38)(H,36,37). The summed E-state index contributed by atoms with van der Waals surface area (Å²) >= 11 is 0. The molecule has 0 spiro atoms. The number of nitrogens with two attached hydrogens (primary N) is 1. The molecule has 1 fully saturated rings. The second-order valence-corrected chi connectivity index (χ2v) is 9.84. The molecule has 1 saturated carbocycles. The number of anilines is 2. The number of carbonyl (C=O) groups excluding carboxylic acids is 1. The van der Waals surface area contributed by atoms with E-state index in [9.17, 15) is 19.1 Å². The fourth-order valence-corrected chi connectivity index (χ4v) is 4.74. The van der Waals surface area contributed by atoms with Crippen LogP contribution in [0.3, 0.4) is 0 Å². The lowest BCUT2D eigenvalue weighted by molar-refractivity contribution is -0.136. The molecule has 5 rings (SSSR count). The Kier molecular flexibility index (Phi) is 7.11. The Morgan fingerprint density at radius 1 is 1.11 bits per heavy atom. The summed E-state index contributed by atoms with van der Waals surface area (Å²) in [7, 11) is 1.92. The van der Waals surface area contributed by atoms with Crippen LogP contribution in [-0.4, -0.2) is 40.9 Å². The number of carbonyl (C=O) groups is 2. The van der Waals surface area contributed by atoms with E-state index in [0.29, 0.717) is 45.1 Å². The number of hydrogen-bond acceptors (Lipinski definition) is 6. The molecule has 1 amide bonds. The SMILES string of the molecule is CN1N=C(C2CC2)CC1Nc1cc(C(=O)Nc2ccccc2CC(=O)O)cc(-c2cc(F)cc(CN)c2)c1. The van der Waals surface area contributed by atoms with Crippen LogP contribution in [0.1, 0.15) is 40.7 Å². The van der Waals surface area contributed by atoms with Gasteiger partial charge in [-0.1, -0.05) is 18.2 Å². The molecule has 1 heterocycles. The van der Waals surface area contributed by atoms with Crippen LogP contribution in [0.15, 0.2) is 65.8 Å². The van der Waals surface area contributed by atoms with Crippen molar-refractivity contribution in [1.82, 2.24) is 5.01 Å². The molecule has 0 radical (unpaired) electrons. The first kappa shape index (κ1) is 25.4. The minimum absolute atomic E-state index is 0.0693. The average molecular weight is 516 g/mol. The van der Waals surface area contributed by atoms with Crippen molar-refractivity contribution in [3.05, 3.63) is 83.2 Å². The molecule has 1 aliphatic carbocycles. The van der Waals surface area contributed by atoms with Gasteiger partial charge in [0.15, 0.2) is 0 Å². The first-order valence-corrected chi connectivity index (χ1v) is 12.6. The fourth-order valence-electron chi connectivity index (χ4n) is 4.74. The lowest BCUT2D eigenvalue weighted by Gasteiger charge is -2.22. The highest BCUT2D eigenvalue weighted by Crippen LogP contribution is 2.36. The lowest BCUT2D eigenvalue weighted by Crippen LogP contribution is -2.31. The van der Waals surface area contributed by atoms with Crippen molar-refractivity contribution in [3.63, 3.8) is 0 Å². The summed E-state index contributed by atoms with van der Waals surface area (Å²) in [5.41, 5.74) is 10.8. The van der Waals surface area contributed by atoms with Crippen LogP contribution in [0.4, 0.5) is 15.8 Å². The molecular formula is C29H30FN5O3.